The normalized spacial score (nSPS) is 10.3. The van der Waals surface area contributed by atoms with E-state index >= 15 is 0 Å². The van der Waals surface area contributed by atoms with Crippen LogP contribution in [0.3, 0.4) is 0 Å². The number of hydrogen-bond donors (Lipinski definition) is 0. The average molecular weight is 255 g/mol. The van der Waals surface area contributed by atoms with Crippen LogP contribution in [-0.4, -0.2) is 17.9 Å². The molecule has 0 saturated carbocycles. The number of ether oxygens (including phenoxy) is 1. The fourth-order valence-corrected chi connectivity index (χ4v) is 1.69. The molecule has 15 heavy (non-hydrogen) atoms. The van der Waals surface area contributed by atoms with E-state index in [4.69, 9.17) is 23.2 Å². The largest absolute Gasteiger partial charge is 0.449 e. The van der Waals surface area contributed by atoms with Gasteiger partial charge < -0.3 is 4.74 Å². The van der Waals surface area contributed by atoms with E-state index in [9.17, 15) is 4.79 Å². The predicted octanol–water partition coefficient (Wildman–Crippen LogP) is 4.09. The molecular formula is C11H20Cl2O2. The van der Waals surface area contributed by atoms with Crippen LogP contribution < -0.4 is 0 Å². The van der Waals surface area contributed by atoms with Gasteiger partial charge in [0.25, 0.3) is 0 Å². The molecule has 0 atom stereocenters. The number of carbonyl (C=O) groups is 1. The summed E-state index contributed by atoms with van der Waals surface area (Å²) in [5, 5.41) is 0. The Morgan fingerprint density at radius 3 is 1.93 bits per heavy atom. The van der Waals surface area contributed by atoms with Gasteiger partial charge >= 0.3 is 5.97 Å². The summed E-state index contributed by atoms with van der Waals surface area (Å²) in [4.78, 5) is 10.9. The first-order valence-electron chi connectivity index (χ1n) is 5.58. The lowest BCUT2D eigenvalue weighted by molar-refractivity contribution is -0.141. The van der Waals surface area contributed by atoms with E-state index in [0.29, 0.717) is 6.42 Å². The molecule has 0 aliphatic carbocycles. The number of unbranched alkanes of at least 4 members (excludes halogenated alkanes) is 6. The minimum atomic E-state index is -0.188. The second-order valence-electron chi connectivity index (χ2n) is 3.54. The predicted molar refractivity (Wildman–Crippen MR) is 64.5 cm³/mol. The second-order valence-corrected chi connectivity index (χ2v) is 4.14. The van der Waals surface area contributed by atoms with E-state index < -0.39 is 0 Å². The number of hydrogen-bond acceptors (Lipinski definition) is 2. The Kier molecular flexibility index (Phi) is 12.2. The number of esters is 1. The van der Waals surface area contributed by atoms with Crippen LogP contribution in [0.5, 0.6) is 0 Å². The van der Waals surface area contributed by atoms with E-state index in [1.807, 2.05) is 0 Å². The van der Waals surface area contributed by atoms with Crippen molar-refractivity contribution in [3.63, 3.8) is 0 Å². The third-order valence-electron chi connectivity index (χ3n) is 2.23. The van der Waals surface area contributed by atoms with E-state index in [0.717, 1.165) is 25.1 Å². The van der Waals surface area contributed by atoms with Crippen molar-refractivity contribution >= 4 is 29.2 Å². The van der Waals surface area contributed by atoms with E-state index in [1.54, 1.807) is 0 Å². The van der Waals surface area contributed by atoms with Gasteiger partial charge in [-0.05, 0) is 12.8 Å². The highest BCUT2D eigenvalue weighted by Gasteiger charge is 2.00. The molecule has 0 amide bonds. The third-order valence-corrected chi connectivity index (χ3v) is 2.61. The highest BCUT2D eigenvalue weighted by Crippen LogP contribution is 2.09. The molecule has 0 aliphatic rings. The van der Waals surface area contributed by atoms with Gasteiger partial charge in [0, 0.05) is 12.3 Å². The first-order valence-corrected chi connectivity index (χ1v) is 6.65. The van der Waals surface area contributed by atoms with Crippen LogP contribution in [0.2, 0.25) is 0 Å². The molecule has 0 heterocycles. The first-order chi connectivity index (χ1) is 7.31. The zero-order chi connectivity index (χ0) is 11.4. The van der Waals surface area contributed by atoms with Gasteiger partial charge in [0.2, 0.25) is 0 Å². The zero-order valence-corrected chi connectivity index (χ0v) is 10.7. The number of carbonyl (C=O) groups excluding carboxylic acids is 1. The molecule has 0 unspecified atom stereocenters. The molecule has 0 radical (unpaired) electrons. The topological polar surface area (TPSA) is 26.3 Å². The van der Waals surface area contributed by atoms with E-state index in [2.05, 4.69) is 4.74 Å². The summed E-state index contributed by atoms with van der Waals surface area (Å²) in [7, 11) is 0. The molecule has 0 aromatic rings. The minimum Gasteiger partial charge on any atom is -0.449 e. The van der Waals surface area contributed by atoms with Crippen molar-refractivity contribution < 1.29 is 9.53 Å². The SMILES string of the molecule is O=C(CCCCCCCCCCl)OCCl. The molecule has 0 N–H and O–H groups in total. The zero-order valence-electron chi connectivity index (χ0n) is 9.14. The fourth-order valence-electron chi connectivity index (χ4n) is 1.38. The number of rotatable bonds is 10. The van der Waals surface area contributed by atoms with Crippen molar-refractivity contribution in [2.24, 2.45) is 0 Å². The highest BCUT2D eigenvalue weighted by molar-refractivity contribution is 6.17. The van der Waals surface area contributed by atoms with Crippen LogP contribution >= 0.6 is 23.2 Å². The molecule has 0 aromatic carbocycles. The molecule has 0 saturated heterocycles. The molecule has 90 valence electrons. The monoisotopic (exact) mass is 254 g/mol. The average Bonchev–Trinajstić information content (AvgIpc) is 2.22. The fraction of sp³-hybridized carbons (Fsp3) is 0.909. The lowest BCUT2D eigenvalue weighted by Crippen LogP contribution is -2.01. The molecule has 2 nitrogen and oxygen atoms in total. The molecule has 0 aromatic heterocycles. The Bertz CT molecular complexity index is 152. The van der Waals surface area contributed by atoms with Crippen molar-refractivity contribution in [2.45, 2.75) is 51.4 Å². The molecule has 0 rings (SSSR count). The Morgan fingerprint density at radius 2 is 1.40 bits per heavy atom. The number of halogens is 2. The van der Waals surface area contributed by atoms with Crippen molar-refractivity contribution in [3.8, 4) is 0 Å². The van der Waals surface area contributed by atoms with Gasteiger partial charge in [-0.1, -0.05) is 43.7 Å². The molecule has 0 bridgehead atoms. The molecule has 0 fully saturated rings. The summed E-state index contributed by atoms with van der Waals surface area (Å²) in [6.45, 7) is 0. The van der Waals surface area contributed by atoms with Gasteiger partial charge in [0.1, 0.15) is 0 Å². The van der Waals surface area contributed by atoms with Crippen molar-refractivity contribution in [2.75, 3.05) is 11.9 Å². The Balaban J connectivity index is 3.01. The maximum absolute atomic E-state index is 10.9. The van der Waals surface area contributed by atoms with E-state index in [1.165, 1.54) is 25.7 Å². The third kappa shape index (κ3) is 12.0. The van der Waals surface area contributed by atoms with Crippen molar-refractivity contribution in [1.29, 1.82) is 0 Å². The summed E-state index contributed by atoms with van der Waals surface area (Å²) in [5.41, 5.74) is 0. The minimum absolute atomic E-state index is 0.0305. The Labute approximate surface area is 102 Å². The highest BCUT2D eigenvalue weighted by atomic mass is 35.5. The quantitative estimate of drug-likeness (QED) is 0.334. The summed E-state index contributed by atoms with van der Waals surface area (Å²) in [5.74, 6) is 0.580. The van der Waals surface area contributed by atoms with Crippen LogP contribution in [0.4, 0.5) is 0 Å². The van der Waals surface area contributed by atoms with Crippen LogP contribution in [0, 0.1) is 0 Å². The lowest BCUT2D eigenvalue weighted by Gasteiger charge is -2.01. The first kappa shape index (κ1) is 15.0. The van der Waals surface area contributed by atoms with Gasteiger partial charge in [-0.15, -0.1) is 11.6 Å². The van der Waals surface area contributed by atoms with E-state index in [-0.39, 0.29) is 12.0 Å². The summed E-state index contributed by atoms with van der Waals surface area (Å²) in [6, 6.07) is -0.0305. The van der Waals surface area contributed by atoms with Crippen LogP contribution in [0.15, 0.2) is 0 Å². The van der Waals surface area contributed by atoms with Gasteiger partial charge in [0.05, 0.1) is 0 Å². The van der Waals surface area contributed by atoms with Gasteiger partial charge in [0.15, 0.2) is 6.07 Å². The standard InChI is InChI=1S/C11H20Cl2O2/c12-9-7-5-3-1-2-4-6-8-11(14)15-10-13/h1-10H2. The Hall–Kier alpha value is 0.0500. The second kappa shape index (κ2) is 12.1. The van der Waals surface area contributed by atoms with Crippen LogP contribution in [0.1, 0.15) is 51.4 Å². The Morgan fingerprint density at radius 1 is 0.867 bits per heavy atom. The maximum atomic E-state index is 10.9. The summed E-state index contributed by atoms with van der Waals surface area (Å²) < 4.78 is 4.61. The molecular weight excluding hydrogens is 235 g/mol. The van der Waals surface area contributed by atoms with Crippen molar-refractivity contribution in [3.05, 3.63) is 0 Å². The molecule has 4 heteroatoms. The molecule has 0 spiro atoms. The van der Waals surface area contributed by atoms with Gasteiger partial charge in [-0.2, -0.15) is 0 Å². The van der Waals surface area contributed by atoms with Gasteiger partial charge in [-0.3, -0.25) is 4.79 Å². The summed E-state index contributed by atoms with van der Waals surface area (Å²) >= 11 is 10.8. The smallest absolute Gasteiger partial charge is 0.306 e. The van der Waals surface area contributed by atoms with Crippen LogP contribution in [0.25, 0.3) is 0 Å². The van der Waals surface area contributed by atoms with Gasteiger partial charge in [-0.25, -0.2) is 0 Å². The van der Waals surface area contributed by atoms with Crippen molar-refractivity contribution in [1.82, 2.24) is 0 Å². The lowest BCUT2D eigenvalue weighted by atomic mass is 10.1. The maximum Gasteiger partial charge on any atom is 0.306 e. The summed E-state index contributed by atoms with van der Waals surface area (Å²) in [6.07, 6.45) is 8.51. The molecule has 0 aliphatic heterocycles. The number of alkyl halides is 2. The van der Waals surface area contributed by atoms with Crippen LogP contribution in [-0.2, 0) is 9.53 Å².